The van der Waals surface area contributed by atoms with Gasteiger partial charge in [0.05, 0.1) is 10.6 Å². The van der Waals surface area contributed by atoms with Crippen LogP contribution in [-0.4, -0.2) is 10.8 Å². The molecule has 4 heteroatoms. The molecule has 0 aliphatic heterocycles. The fourth-order valence-corrected chi connectivity index (χ4v) is 1.76. The Morgan fingerprint density at radius 2 is 1.82 bits per heavy atom. The van der Waals surface area contributed by atoms with E-state index in [1.54, 1.807) is 37.3 Å². The van der Waals surface area contributed by atoms with Crippen molar-refractivity contribution in [1.29, 1.82) is 0 Å². The molecule has 86 valence electrons. The second-order valence-corrected chi connectivity index (χ2v) is 4.10. The van der Waals surface area contributed by atoms with Crippen molar-refractivity contribution in [1.82, 2.24) is 4.98 Å². The summed E-state index contributed by atoms with van der Waals surface area (Å²) in [5, 5.41) is 0.345. The van der Waals surface area contributed by atoms with Crippen molar-refractivity contribution in [3.05, 3.63) is 68.6 Å². The molecule has 1 aromatic carbocycles. The molecule has 0 saturated carbocycles. The standard InChI is InChI=1S/C13H10ClNO2/c1-8-6-7-10(13(17)15-8)12(16)9-4-2-3-5-11(9)14/h2-7H,1H3,(H,15,17). The predicted molar refractivity (Wildman–Crippen MR) is 66.7 cm³/mol. The third-order valence-corrected chi connectivity index (χ3v) is 2.75. The van der Waals surface area contributed by atoms with Crippen LogP contribution in [0.3, 0.4) is 0 Å². The number of pyridine rings is 1. The topological polar surface area (TPSA) is 49.9 Å². The summed E-state index contributed by atoms with van der Waals surface area (Å²) < 4.78 is 0. The van der Waals surface area contributed by atoms with Crippen LogP contribution in [0.2, 0.25) is 5.02 Å². The molecular formula is C13H10ClNO2. The molecule has 2 rings (SSSR count). The highest BCUT2D eigenvalue weighted by molar-refractivity contribution is 6.34. The normalized spacial score (nSPS) is 10.2. The summed E-state index contributed by atoms with van der Waals surface area (Å²) in [5.41, 5.74) is 0.757. The summed E-state index contributed by atoms with van der Waals surface area (Å²) in [4.78, 5) is 26.3. The zero-order chi connectivity index (χ0) is 12.4. The maximum Gasteiger partial charge on any atom is 0.259 e. The quantitative estimate of drug-likeness (QED) is 0.830. The molecule has 0 fully saturated rings. The Labute approximate surface area is 103 Å². The first kappa shape index (κ1) is 11.6. The Morgan fingerprint density at radius 3 is 2.47 bits per heavy atom. The van der Waals surface area contributed by atoms with Gasteiger partial charge < -0.3 is 4.98 Å². The van der Waals surface area contributed by atoms with E-state index < -0.39 is 5.56 Å². The maximum atomic E-state index is 12.1. The lowest BCUT2D eigenvalue weighted by Gasteiger charge is -2.02. The van der Waals surface area contributed by atoms with Crippen LogP contribution in [0.25, 0.3) is 0 Å². The van der Waals surface area contributed by atoms with Gasteiger partial charge in [-0.3, -0.25) is 9.59 Å². The number of carbonyl (C=O) groups excluding carboxylic acids is 1. The molecular weight excluding hydrogens is 238 g/mol. The lowest BCUT2D eigenvalue weighted by molar-refractivity contribution is 0.103. The number of carbonyl (C=O) groups is 1. The van der Waals surface area contributed by atoms with Crippen LogP contribution < -0.4 is 5.56 Å². The highest BCUT2D eigenvalue weighted by Gasteiger charge is 2.15. The minimum atomic E-state index is -0.394. The van der Waals surface area contributed by atoms with Crippen molar-refractivity contribution in [3.8, 4) is 0 Å². The Morgan fingerprint density at radius 1 is 1.12 bits per heavy atom. The average molecular weight is 248 g/mol. The highest BCUT2D eigenvalue weighted by Crippen LogP contribution is 2.17. The number of hydrogen-bond donors (Lipinski definition) is 1. The van der Waals surface area contributed by atoms with Crippen LogP contribution in [0, 0.1) is 6.92 Å². The SMILES string of the molecule is Cc1ccc(C(=O)c2ccccc2Cl)c(=O)[nH]1. The molecule has 17 heavy (non-hydrogen) atoms. The van der Waals surface area contributed by atoms with E-state index in [9.17, 15) is 9.59 Å². The lowest BCUT2D eigenvalue weighted by atomic mass is 10.0. The zero-order valence-corrected chi connectivity index (χ0v) is 9.91. The van der Waals surface area contributed by atoms with Gasteiger partial charge in [-0.1, -0.05) is 23.7 Å². The third-order valence-electron chi connectivity index (χ3n) is 2.42. The van der Waals surface area contributed by atoms with E-state index in [2.05, 4.69) is 4.98 Å². The number of nitrogens with one attached hydrogen (secondary N) is 1. The fraction of sp³-hybridized carbons (Fsp3) is 0.0769. The van der Waals surface area contributed by atoms with Crippen molar-refractivity contribution >= 4 is 17.4 Å². The monoisotopic (exact) mass is 247 g/mol. The van der Waals surface area contributed by atoms with Crippen LogP contribution in [0.5, 0.6) is 0 Å². The van der Waals surface area contributed by atoms with Gasteiger partial charge in [-0.2, -0.15) is 0 Å². The predicted octanol–water partition coefficient (Wildman–Crippen LogP) is 2.57. The lowest BCUT2D eigenvalue weighted by Crippen LogP contribution is -2.18. The molecule has 0 aliphatic rings. The molecule has 1 heterocycles. The molecule has 1 N–H and O–H groups in total. The van der Waals surface area contributed by atoms with E-state index in [0.29, 0.717) is 16.3 Å². The smallest absolute Gasteiger partial charge is 0.259 e. The van der Waals surface area contributed by atoms with E-state index in [0.717, 1.165) is 0 Å². The van der Waals surface area contributed by atoms with Gasteiger partial charge in [-0.25, -0.2) is 0 Å². The van der Waals surface area contributed by atoms with Crippen LogP contribution in [0.1, 0.15) is 21.6 Å². The molecule has 3 nitrogen and oxygen atoms in total. The number of benzene rings is 1. The first-order valence-electron chi connectivity index (χ1n) is 5.09. The number of aromatic amines is 1. The minimum Gasteiger partial charge on any atom is -0.326 e. The number of hydrogen-bond acceptors (Lipinski definition) is 2. The molecule has 0 unspecified atom stereocenters. The van der Waals surface area contributed by atoms with Gasteiger partial charge in [0.2, 0.25) is 0 Å². The van der Waals surface area contributed by atoms with Gasteiger partial charge in [-0.05, 0) is 31.2 Å². The summed E-state index contributed by atoms with van der Waals surface area (Å²) in [6, 6.07) is 9.87. The van der Waals surface area contributed by atoms with Gasteiger partial charge >= 0.3 is 0 Å². The molecule has 0 amide bonds. The summed E-state index contributed by atoms with van der Waals surface area (Å²) in [6.07, 6.45) is 0. The van der Waals surface area contributed by atoms with Gasteiger partial charge in [-0.15, -0.1) is 0 Å². The Hall–Kier alpha value is -1.87. The second kappa shape index (κ2) is 4.55. The minimum absolute atomic E-state index is 0.101. The van der Waals surface area contributed by atoms with Crippen molar-refractivity contribution in [3.63, 3.8) is 0 Å². The molecule has 0 bridgehead atoms. The summed E-state index contributed by atoms with van der Waals surface area (Å²) in [6.45, 7) is 1.76. The highest BCUT2D eigenvalue weighted by atomic mass is 35.5. The van der Waals surface area contributed by atoms with Crippen LogP contribution in [0.4, 0.5) is 0 Å². The second-order valence-electron chi connectivity index (χ2n) is 3.69. The van der Waals surface area contributed by atoms with Crippen molar-refractivity contribution in [2.75, 3.05) is 0 Å². The van der Waals surface area contributed by atoms with Gasteiger partial charge in [0.1, 0.15) is 0 Å². The molecule has 2 aromatic rings. The van der Waals surface area contributed by atoms with Crippen LogP contribution in [-0.2, 0) is 0 Å². The van der Waals surface area contributed by atoms with Crippen molar-refractivity contribution < 1.29 is 4.79 Å². The third kappa shape index (κ3) is 2.29. The van der Waals surface area contributed by atoms with Crippen molar-refractivity contribution in [2.45, 2.75) is 6.92 Å². The summed E-state index contributed by atoms with van der Waals surface area (Å²) in [7, 11) is 0. The largest absolute Gasteiger partial charge is 0.326 e. The maximum absolute atomic E-state index is 12.1. The number of aryl methyl sites for hydroxylation is 1. The van der Waals surface area contributed by atoms with E-state index in [1.165, 1.54) is 6.07 Å². The van der Waals surface area contributed by atoms with E-state index in [-0.39, 0.29) is 11.3 Å². The number of halogens is 1. The van der Waals surface area contributed by atoms with E-state index >= 15 is 0 Å². The molecule has 0 spiro atoms. The van der Waals surface area contributed by atoms with Gasteiger partial charge in [0.15, 0.2) is 5.78 Å². The van der Waals surface area contributed by atoms with Crippen LogP contribution >= 0.6 is 11.6 Å². The molecule has 0 aliphatic carbocycles. The van der Waals surface area contributed by atoms with E-state index in [4.69, 9.17) is 11.6 Å². The van der Waals surface area contributed by atoms with Crippen molar-refractivity contribution in [2.24, 2.45) is 0 Å². The molecule has 0 saturated heterocycles. The molecule has 1 aromatic heterocycles. The number of aromatic nitrogens is 1. The first-order chi connectivity index (χ1) is 8.09. The first-order valence-corrected chi connectivity index (χ1v) is 5.46. The summed E-state index contributed by atoms with van der Waals surface area (Å²) >= 11 is 5.92. The van der Waals surface area contributed by atoms with E-state index in [1.807, 2.05) is 0 Å². The number of ketones is 1. The summed E-state index contributed by atoms with van der Waals surface area (Å²) in [5.74, 6) is -0.364. The average Bonchev–Trinajstić information content (AvgIpc) is 2.29. The molecule has 0 atom stereocenters. The Balaban J connectivity index is 2.52. The van der Waals surface area contributed by atoms with Crippen LogP contribution in [0.15, 0.2) is 41.2 Å². The van der Waals surface area contributed by atoms with Gasteiger partial charge in [0, 0.05) is 11.3 Å². The molecule has 0 radical (unpaired) electrons. The number of rotatable bonds is 2. The Kier molecular flexibility index (Phi) is 3.11. The Bertz CT molecular complexity index is 631. The zero-order valence-electron chi connectivity index (χ0n) is 9.16. The fourth-order valence-electron chi connectivity index (χ4n) is 1.54. The van der Waals surface area contributed by atoms with Gasteiger partial charge in [0.25, 0.3) is 5.56 Å². The number of H-pyrrole nitrogens is 1.